The molecule has 1 aliphatic carbocycles. The maximum absolute atomic E-state index is 13.4. The Morgan fingerprint density at radius 2 is 1.94 bits per heavy atom. The molecule has 0 spiro atoms. The largest absolute Gasteiger partial charge is 0.496 e. The Morgan fingerprint density at radius 3 is 2.66 bits per heavy atom. The average molecular weight is 515 g/mol. The fraction of sp³-hybridized carbons (Fsp3) is 0.360. The standard InChI is InChI=1S/C25H27BrN2O3S/c1-31-21-13-12-17(14-19(21)26)15-23-25(30)28(20-10-6-7-11-22(20)32-23)16-24(29)27-18-8-4-2-3-5-9-18/h6-7,10-15,18H,2-5,8-9,16H2,1H3,(H,27,29). The number of methoxy groups -OCH3 is 1. The van der Waals surface area contributed by atoms with Crippen LogP contribution in [-0.4, -0.2) is 31.5 Å². The van der Waals surface area contributed by atoms with Crippen LogP contribution in [0.25, 0.3) is 6.08 Å². The number of carbonyl (C=O) groups excluding carboxylic acids is 2. The highest BCUT2D eigenvalue weighted by Crippen LogP contribution is 2.42. The van der Waals surface area contributed by atoms with E-state index in [9.17, 15) is 9.59 Å². The Kier molecular flexibility index (Phi) is 7.58. The van der Waals surface area contributed by atoms with Gasteiger partial charge in [-0.3, -0.25) is 14.5 Å². The minimum absolute atomic E-state index is 0.0244. The third-order valence-electron chi connectivity index (χ3n) is 5.83. The summed E-state index contributed by atoms with van der Waals surface area (Å²) in [7, 11) is 1.62. The van der Waals surface area contributed by atoms with Crippen molar-refractivity contribution in [2.45, 2.75) is 49.5 Å². The molecule has 32 heavy (non-hydrogen) atoms. The van der Waals surface area contributed by atoms with Crippen molar-refractivity contribution in [2.24, 2.45) is 0 Å². The quantitative estimate of drug-likeness (QED) is 0.406. The molecule has 1 aliphatic heterocycles. The third kappa shape index (κ3) is 5.38. The van der Waals surface area contributed by atoms with Gasteiger partial charge in [-0.2, -0.15) is 0 Å². The molecule has 0 atom stereocenters. The highest BCUT2D eigenvalue weighted by molar-refractivity contribution is 9.10. The Morgan fingerprint density at radius 1 is 1.19 bits per heavy atom. The molecule has 168 valence electrons. The first-order chi connectivity index (χ1) is 15.5. The lowest BCUT2D eigenvalue weighted by atomic mass is 10.1. The Balaban J connectivity index is 1.56. The number of nitrogens with one attached hydrogen (secondary N) is 1. The summed E-state index contributed by atoms with van der Waals surface area (Å²) >= 11 is 4.94. The van der Waals surface area contributed by atoms with Gasteiger partial charge in [-0.05, 0) is 64.7 Å². The maximum atomic E-state index is 13.4. The van der Waals surface area contributed by atoms with E-state index in [-0.39, 0.29) is 24.4 Å². The van der Waals surface area contributed by atoms with Crippen molar-refractivity contribution in [1.82, 2.24) is 5.32 Å². The van der Waals surface area contributed by atoms with Gasteiger partial charge in [0, 0.05) is 10.9 Å². The summed E-state index contributed by atoms with van der Waals surface area (Å²) < 4.78 is 6.12. The summed E-state index contributed by atoms with van der Waals surface area (Å²) in [5, 5.41) is 3.16. The number of hydrogen-bond acceptors (Lipinski definition) is 4. The minimum atomic E-state index is -0.156. The van der Waals surface area contributed by atoms with Gasteiger partial charge in [0.15, 0.2) is 0 Å². The third-order valence-corrected chi connectivity index (χ3v) is 7.52. The van der Waals surface area contributed by atoms with Gasteiger partial charge in [-0.1, -0.05) is 55.6 Å². The molecule has 5 nitrogen and oxygen atoms in total. The van der Waals surface area contributed by atoms with Gasteiger partial charge >= 0.3 is 0 Å². The second-order valence-corrected chi connectivity index (χ2v) is 10.1. The number of anilines is 1. The zero-order valence-electron chi connectivity index (χ0n) is 18.1. The molecule has 0 saturated heterocycles. The molecule has 2 aromatic rings. The van der Waals surface area contributed by atoms with E-state index in [2.05, 4.69) is 21.2 Å². The van der Waals surface area contributed by atoms with Gasteiger partial charge in [0.1, 0.15) is 12.3 Å². The van der Waals surface area contributed by atoms with Crippen molar-refractivity contribution in [3.63, 3.8) is 0 Å². The highest BCUT2D eigenvalue weighted by Gasteiger charge is 2.31. The zero-order valence-corrected chi connectivity index (χ0v) is 20.5. The lowest BCUT2D eigenvalue weighted by Gasteiger charge is -2.30. The van der Waals surface area contributed by atoms with Crippen LogP contribution in [0.1, 0.15) is 44.1 Å². The maximum Gasteiger partial charge on any atom is 0.265 e. The monoisotopic (exact) mass is 514 g/mol. The van der Waals surface area contributed by atoms with Crippen molar-refractivity contribution in [1.29, 1.82) is 0 Å². The van der Waals surface area contributed by atoms with Gasteiger partial charge in [-0.25, -0.2) is 0 Å². The molecule has 2 aromatic carbocycles. The summed E-state index contributed by atoms with van der Waals surface area (Å²) in [5.41, 5.74) is 1.67. The van der Waals surface area contributed by atoms with Crippen LogP contribution >= 0.6 is 27.7 Å². The number of hydrogen-bond donors (Lipinski definition) is 1. The van der Waals surface area contributed by atoms with Crippen LogP contribution < -0.4 is 15.0 Å². The van der Waals surface area contributed by atoms with Crippen molar-refractivity contribution in [2.75, 3.05) is 18.6 Å². The number of rotatable bonds is 5. The van der Waals surface area contributed by atoms with Crippen LogP contribution in [0.3, 0.4) is 0 Å². The molecular weight excluding hydrogens is 488 g/mol. The van der Waals surface area contributed by atoms with E-state index in [0.717, 1.165) is 52.1 Å². The lowest BCUT2D eigenvalue weighted by molar-refractivity contribution is -0.123. The smallest absolute Gasteiger partial charge is 0.265 e. The molecule has 7 heteroatoms. The molecule has 1 fully saturated rings. The Bertz CT molecular complexity index is 1030. The Hall–Kier alpha value is -2.25. The summed E-state index contributed by atoms with van der Waals surface area (Å²) in [6.07, 6.45) is 8.67. The normalized spacial score (nSPS) is 18.2. The topological polar surface area (TPSA) is 58.6 Å². The van der Waals surface area contributed by atoms with Crippen LogP contribution in [-0.2, 0) is 9.59 Å². The molecule has 2 aliphatic rings. The van der Waals surface area contributed by atoms with Crippen molar-refractivity contribution < 1.29 is 14.3 Å². The minimum Gasteiger partial charge on any atom is -0.496 e. The lowest BCUT2D eigenvalue weighted by Crippen LogP contribution is -2.45. The Labute approximate surface area is 201 Å². The zero-order chi connectivity index (χ0) is 22.5. The molecule has 1 N–H and O–H groups in total. The van der Waals surface area contributed by atoms with Crippen molar-refractivity contribution in [3.05, 3.63) is 57.4 Å². The molecule has 1 heterocycles. The summed E-state index contributed by atoms with van der Waals surface area (Å²) in [5.74, 6) is 0.479. The second kappa shape index (κ2) is 10.6. The predicted octanol–water partition coefficient (Wildman–Crippen LogP) is 5.78. The number of benzene rings is 2. The van der Waals surface area contributed by atoms with E-state index in [1.165, 1.54) is 24.6 Å². The molecular formula is C25H27BrN2O3S. The summed E-state index contributed by atoms with van der Waals surface area (Å²) in [4.78, 5) is 29.4. The molecule has 4 rings (SSSR count). The van der Waals surface area contributed by atoms with E-state index < -0.39 is 0 Å². The van der Waals surface area contributed by atoms with Crippen molar-refractivity contribution in [3.8, 4) is 5.75 Å². The van der Waals surface area contributed by atoms with Gasteiger partial charge in [-0.15, -0.1) is 0 Å². The fourth-order valence-corrected chi connectivity index (χ4v) is 5.80. The fourth-order valence-electron chi connectivity index (χ4n) is 4.18. The van der Waals surface area contributed by atoms with Crippen molar-refractivity contribution >= 4 is 51.3 Å². The molecule has 1 saturated carbocycles. The number of nitrogens with zero attached hydrogens (tertiary/aromatic N) is 1. The molecule has 0 unspecified atom stereocenters. The van der Waals surface area contributed by atoms with Crippen LogP contribution in [0, 0.1) is 0 Å². The van der Waals surface area contributed by atoms with E-state index in [4.69, 9.17) is 4.74 Å². The van der Waals surface area contributed by atoms with E-state index in [1.54, 1.807) is 12.0 Å². The summed E-state index contributed by atoms with van der Waals surface area (Å²) in [6.45, 7) is 0.0244. The van der Waals surface area contributed by atoms with Gasteiger partial charge in [0.05, 0.1) is 22.2 Å². The number of fused-ring (bicyclic) bond motifs is 1. The number of halogens is 1. The number of thioether (sulfide) groups is 1. The molecule has 0 radical (unpaired) electrons. The van der Waals surface area contributed by atoms with Crippen LogP contribution in [0.5, 0.6) is 5.75 Å². The first kappa shape index (κ1) is 22.9. The van der Waals surface area contributed by atoms with Crippen LogP contribution in [0.2, 0.25) is 0 Å². The van der Waals surface area contributed by atoms with E-state index in [0.29, 0.717) is 4.91 Å². The first-order valence-electron chi connectivity index (χ1n) is 11.0. The average Bonchev–Trinajstić information content (AvgIpc) is 3.05. The van der Waals surface area contributed by atoms with Crippen LogP contribution in [0.15, 0.2) is 56.7 Å². The van der Waals surface area contributed by atoms with Gasteiger partial charge in [0.25, 0.3) is 5.91 Å². The number of carbonyl (C=O) groups is 2. The van der Waals surface area contributed by atoms with E-state index in [1.807, 2.05) is 48.5 Å². The van der Waals surface area contributed by atoms with Crippen LogP contribution in [0.4, 0.5) is 5.69 Å². The predicted molar refractivity (Wildman–Crippen MR) is 133 cm³/mol. The van der Waals surface area contributed by atoms with Gasteiger partial charge < -0.3 is 10.1 Å². The SMILES string of the molecule is COc1ccc(C=C2Sc3ccccc3N(CC(=O)NC3CCCCCC3)C2=O)cc1Br. The van der Waals surface area contributed by atoms with Gasteiger partial charge in [0.2, 0.25) is 5.91 Å². The molecule has 0 aromatic heterocycles. The number of ether oxygens (including phenoxy) is 1. The number of para-hydroxylation sites is 1. The van der Waals surface area contributed by atoms with E-state index >= 15 is 0 Å². The molecule has 0 bridgehead atoms. The molecule has 2 amide bonds. The summed E-state index contributed by atoms with van der Waals surface area (Å²) in [6, 6.07) is 13.6. The first-order valence-corrected chi connectivity index (χ1v) is 12.6. The number of amides is 2. The second-order valence-electron chi connectivity index (χ2n) is 8.12. The highest BCUT2D eigenvalue weighted by atomic mass is 79.9.